The molecule has 107 valence electrons. The second-order valence-electron chi connectivity index (χ2n) is 3.82. The van der Waals surface area contributed by atoms with Crippen molar-refractivity contribution in [1.29, 1.82) is 0 Å². The Morgan fingerprint density at radius 2 is 2.00 bits per heavy atom. The van der Waals surface area contributed by atoms with Crippen LogP contribution in [0, 0.1) is 48.7 Å². The molecule has 5 nitrogen and oxygen atoms in total. The molecule has 2 N–H and O–H groups in total. The topological polar surface area (TPSA) is 66.5 Å². The second-order valence-corrected chi connectivity index (χ2v) is 4.16. The molecule has 1 aliphatic rings. The minimum absolute atomic E-state index is 0. The third-order valence-electron chi connectivity index (χ3n) is 2.50. The van der Waals surface area contributed by atoms with Crippen LogP contribution in [0.3, 0.4) is 0 Å². The normalized spacial score (nSPS) is 12.3. The van der Waals surface area contributed by atoms with Gasteiger partial charge in [-0.15, -0.1) is 0 Å². The molecule has 2 aromatic heterocycles. The molecule has 0 saturated heterocycles. The first-order valence-electron chi connectivity index (χ1n) is 6.12. The number of anilines is 2. The van der Waals surface area contributed by atoms with Gasteiger partial charge in [-0.05, 0) is 30.5 Å². The van der Waals surface area contributed by atoms with Gasteiger partial charge in [-0.3, -0.25) is 5.10 Å². The third-order valence-corrected chi connectivity index (χ3v) is 2.68. The zero-order valence-corrected chi connectivity index (χ0v) is 16.5. The van der Waals surface area contributed by atoms with E-state index in [1.54, 1.807) is 12.3 Å². The number of hydrogen-bond acceptors (Lipinski definition) is 4. The number of rotatable bonds is 3. The Labute approximate surface area is 158 Å². The summed E-state index contributed by atoms with van der Waals surface area (Å²) in [6, 6.07) is 3.75. The van der Waals surface area contributed by atoms with Crippen LogP contribution in [0.1, 0.15) is 38.3 Å². The largest absolute Gasteiger partial charge is 0.358 e. The van der Waals surface area contributed by atoms with Crippen LogP contribution in [0.25, 0.3) is 0 Å². The monoisotopic (exact) mass is 421 g/mol. The Kier molecular flexibility index (Phi) is 9.52. The number of hydrogen-bond donors (Lipinski definition) is 2. The van der Waals surface area contributed by atoms with E-state index in [0.29, 0.717) is 11.7 Å². The summed E-state index contributed by atoms with van der Waals surface area (Å²) in [5.41, 5.74) is 1.18. The van der Waals surface area contributed by atoms with Crippen molar-refractivity contribution in [2.75, 3.05) is 5.32 Å². The smallest absolute Gasteiger partial charge is 0.224 e. The van der Waals surface area contributed by atoms with Crippen molar-refractivity contribution in [2.45, 2.75) is 32.6 Å². The zero-order valence-electron chi connectivity index (χ0n) is 12.0. The maximum absolute atomic E-state index is 5.69. The first-order chi connectivity index (χ1) is 8.81. The molecule has 2 aromatic rings. The quantitative estimate of drug-likeness (QED) is 0.582. The molecule has 1 radical (unpaired) electrons. The number of aromatic nitrogens is 4. The molecule has 0 spiro atoms. The predicted molar refractivity (Wildman–Crippen MR) is 78.6 cm³/mol. The molecule has 2 heterocycles. The maximum Gasteiger partial charge on any atom is 0.224 e. The first-order valence-corrected chi connectivity index (χ1v) is 6.50. The van der Waals surface area contributed by atoms with Gasteiger partial charge >= 0.3 is 0 Å². The molecule has 0 unspecified atom stereocenters. The fourth-order valence-electron chi connectivity index (χ4n) is 1.54. The van der Waals surface area contributed by atoms with Crippen LogP contribution in [0.4, 0.5) is 11.6 Å². The molecule has 1 fully saturated rings. The van der Waals surface area contributed by atoms with Crippen LogP contribution in [-0.4, -0.2) is 20.2 Å². The molecule has 0 amide bonds. The Morgan fingerprint density at radius 1 is 1.30 bits per heavy atom. The van der Waals surface area contributed by atoms with Gasteiger partial charge < -0.3 is 12.7 Å². The molecule has 0 atom stereocenters. The average Bonchev–Trinajstić information content (AvgIpc) is 3.13. The molecule has 1 saturated carbocycles. The molecule has 20 heavy (non-hydrogen) atoms. The van der Waals surface area contributed by atoms with Crippen LogP contribution in [0.2, 0.25) is 5.28 Å². The van der Waals surface area contributed by atoms with Crippen molar-refractivity contribution in [3.63, 3.8) is 0 Å². The molecule has 3 rings (SSSR count). The Morgan fingerprint density at radius 3 is 2.60 bits per heavy atom. The summed E-state index contributed by atoms with van der Waals surface area (Å²) in [6.07, 6.45) is 4.11. The van der Waals surface area contributed by atoms with Gasteiger partial charge in [0.25, 0.3) is 0 Å². The van der Waals surface area contributed by atoms with E-state index >= 15 is 0 Å². The maximum atomic E-state index is 5.69. The summed E-state index contributed by atoms with van der Waals surface area (Å²) in [6.45, 7) is 4.00. The van der Waals surface area contributed by atoms with Crippen LogP contribution < -0.4 is 5.32 Å². The number of H-pyrrole nitrogens is 1. The SMILES string of the molecule is CC.Clc1nccc(Nc2cc(C3CC3)[nH]n2)n1.[CH3-].[Pr]. The van der Waals surface area contributed by atoms with E-state index in [2.05, 4.69) is 25.5 Å². The van der Waals surface area contributed by atoms with Gasteiger partial charge in [-0.25, -0.2) is 9.97 Å². The molecular weight excluding hydrogens is 403 g/mol. The summed E-state index contributed by atoms with van der Waals surface area (Å²) in [4.78, 5) is 7.84. The fraction of sp³-hybridized carbons (Fsp3) is 0.385. The number of nitrogens with one attached hydrogen (secondary N) is 2. The van der Waals surface area contributed by atoms with Gasteiger partial charge in [0.2, 0.25) is 5.28 Å². The minimum atomic E-state index is 0. The van der Waals surface area contributed by atoms with Gasteiger partial charge in [0.15, 0.2) is 5.82 Å². The second kappa shape index (κ2) is 9.64. The van der Waals surface area contributed by atoms with Gasteiger partial charge in [-0.1, -0.05) is 13.8 Å². The molecule has 7 heteroatoms. The van der Waals surface area contributed by atoms with Crippen molar-refractivity contribution in [1.82, 2.24) is 20.2 Å². The van der Waals surface area contributed by atoms with Crippen LogP contribution in [0.5, 0.6) is 0 Å². The molecular formula is C13H19ClN5Pr-. The Bertz CT molecular complexity index is 513. The Balaban J connectivity index is 0.000000866. The summed E-state index contributed by atoms with van der Waals surface area (Å²) < 4.78 is 0. The van der Waals surface area contributed by atoms with Gasteiger partial charge in [0.05, 0.1) is 0 Å². The number of aromatic amines is 1. The standard InChI is InChI=1S/C10H10ClN5.C2H6.CH3.Pr/c11-10-12-4-3-8(14-10)13-9-5-7(15-16-9)6-1-2-6;1-2;;/h3-6H,1-2H2,(H2,12,13,14,15,16);1-2H3;1H3;/q;;-1;. The summed E-state index contributed by atoms with van der Waals surface area (Å²) in [7, 11) is 0. The van der Waals surface area contributed by atoms with Gasteiger partial charge in [0, 0.05) is 65.2 Å². The van der Waals surface area contributed by atoms with E-state index in [0.717, 1.165) is 5.82 Å². The Hall–Kier alpha value is -0.256. The zero-order chi connectivity index (χ0) is 13.0. The van der Waals surface area contributed by atoms with E-state index < -0.39 is 0 Å². The average molecular weight is 422 g/mol. The predicted octanol–water partition coefficient (Wildman–Crippen LogP) is 3.95. The van der Waals surface area contributed by atoms with Crippen molar-refractivity contribution in [2.24, 2.45) is 0 Å². The van der Waals surface area contributed by atoms with Crippen molar-refractivity contribution >= 4 is 23.2 Å². The third kappa shape index (κ3) is 5.62. The van der Waals surface area contributed by atoms with Crippen molar-refractivity contribution in [3.8, 4) is 0 Å². The van der Waals surface area contributed by atoms with Crippen molar-refractivity contribution in [3.05, 3.63) is 36.7 Å². The fourth-order valence-corrected chi connectivity index (χ4v) is 1.69. The molecule has 1 aliphatic carbocycles. The summed E-state index contributed by atoms with van der Waals surface area (Å²) in [5.74, 6) is 2.07. The van der Waals surface area contributed by atoms with E-state index in [-0.39, 0.29) is 54.0 Å². The molecule has 0 bridgehead atoms. The minimum Gasteiger partial charge on any atom is -0.358 e. The van der Waals surface area contributed by atoms with Crippen LogP contribution >= 0.6 is 11.6 Å². The first kappa shape index (κ1) is 19.7. The number of halogens is 1. The summed E-state index contributed by atoms with van der Waals surface area (Å²) in [5, 5.41) is 10.5. The molecule has 0 aliphatic heterocycles. The van der Waals surface area contributed by atoms with E-state index in [1.807, 2.05) is 19.9 Å². The van der Waals surface area contributed by atoms with Gasteiger partial charge in [0.1, 0.15) is 5.82 Å². The van der Waals surface area contributed by atoms with E-state index in [9.17, 15) is 0 Å². The summed E-state index contributed by atoms with van der Waals surface area (Å²) >= 11 is 5.69. The van der Waals surface area contributed by atoms with Crippen LogP contribution in [-0.2, 0) is 0 Å². The molecule has 0 aromatic carbocycles. The van der Waals surface area contributed by atoms with Gasteiger partial charge in [-0.2, -0.15) is 5.10 Å². The van der Waals surface area contributed by atoms with Crippen molar-refractivity contribution < 1.29 is 41.3 Å². The number of nitrogens with zero attached hydrogens (tertiary/aromatic N) is 3. The van der Waals surface area contributed by atoms with E-state index in [1.165, 1.54) is 18.5 Å². The van der Waals surface area contributed by atoms with Crippen LogP contribution in [0.15, 0.2) is 18.3 Å². The van der Waals surface area contributed by atoms with E-state index in [4.69, 9.17) is 11.6 Å².